The van der Waals surface area contributed by atoms with Crippen molar-refractivity contribution in [2.24, 2.45) is 33.5 Å². The van der Waals surface area contributed by atoms with Crippen molar-refractivity contribution in [1.82, 2.24) is 19.8 Å². The highest BCUT2D eigenvalue weighted by Gasteiger charge is 2.46. The first-order valence-corrected chi connectivity index (χ1v) is 30.4. The molecule has 2 aromatic heterocycles. The molecular weight excluding hydrogens is 1050 g/mol. The van der Waals surface area contributed by atoms with E-state index in [0.29, 0.717) is 32.4 Å². The maximum atomic E-state index is 13.8. The third-order valence-electron chi connectivity index (χ3n) is 15.8. The third-order valence-corrected chi connectivity index (χ3v) is 17.8. The summed E-state index contributed by atoms with van der Waals surface area (Å²) in [6.45, 7) is 20.9. The number of likely N-dealkylation sites (tertiary alicyclic amines) is 2. The summed E-state index contributed by atoms with van der Waals surface area (Å²) < 4.78 is 0. The van der Waals surface area contributed by atoms with Crippen molar-refractivity contribution in [1.29, 1.82) is 0 Å². The molecule has 0 spiro atoms. The van der Waals surface area contributed by atoms with Crippen molar-refractivity contribution in [3.8, 4) is 20.9 Å². The fraction of sp³-hybridized carbons (Fsp3) is 0.613. The van der Waals surface area contributed by atoms with Crippen molar-refractivity contribution in [2.45, 2.75) is 195 Å². The van der Waals surface area contributed by atoms with Gasteiger partial charge < -0.3 is 25.7 Å². The van der Waals surface area contributed by atoms with Crippen LogP contribution in [0.2, 0.25) is 0 Å². The molecule has 2 amide bonds. The maximum Gasteiger partial charge on any atom is 0.227 e. The second kappa shape index (κ2) is 30.5. The smallest absolute Gasteiger partial charge is 0.227 e. The van der Waals surface area contributed by atoms with Crippen LogP contribution in [0.15, 0.2) is 64.7 Å². The number of carbonyl (C=O) groups excluding carboxylic acids is 6. The highest BCUT2D eigenvalue weighted by Crippen LogP contribution is 2.38. The number of amides is 2. The van der Waals surface area contributed by atoms with E-state index in [1.54, 1.807) is 27.6 Å². The van der Waals surface area contributed by atoms with Crippen LogP contribution < -0.4 is 5.73 Å². The Kier molecular flexibility index (Phi) is 24.9. The summed E-state index contributed by atoms with van der Waals surface area (Å²) in [5, 5.41) is 24.5. The topological polar surface area (TPSA) is 250 Å². The number of benzene rings is 2. The van der Waals surface area contributed by atoms with E-state index in [2.05, 4.69) is 44.3 Å². The predicted molar refractivity (Wildman–Crippen MR) is 318 cm³/mol. The number of azide groups is 1. The minimum atomic E-state index is -0.766. The van der Waals surface area contributed by atoms with Crippen LogP contribution in [-0.2, 0) is 28.8 Å². The molecule has 18 heteroatoms. The first-order chi connectivity index (χ1) is 37.8. The van der Waals surface area contributed by atoms with Gasteiger partial charge in [-0.2, -0.15) is 0 Å². The number of unbranched alkanes of at least 4 members (excludes halogenated alkanes) is 4. The number of nitrogens with two attached hydrogens (primary N) is 1. The zero-order valence-electron chi connectivity index (χ0n) is 49.0. The summed E-state index contributed by atoms with van der Waals surface area (Å²) in [4.78, 5) is 97.0. The number of ketones is 4. The number of hydrogen-bond acceptors (Lipinski definition) is 14. The quantitative estimate of drug-likeness (QED) is 0.0219. The Morgan fingerprint density at radius 2 is 1.02 bits per heavy atom. The Morgan fingerprint density at radius 3 is 1.36 bits per heavy atom. The molecule has 2 aliphatic heterocycles. The lowest BCUT2D eigenvalue weighted by molar-refractivity contribution is -0.146. The molecule has 4 N–H and O–H groups in total. The number of rotatable bonds is 27. The Hall–Kier alpha value is -5.49. The van der Waals surface area contributed by atoms with Gasteiger partial charge in [-0.05, 0) is 96.5 Å². The molecule has 0 radical (unpaired) electrons. The zero-order valence-corrected chi connectivity index (χ0v) is 50.6. The van der Waals surface area contributed by atoms with E-state index in [1.807, 2.05) is 105 Å². The van der Waals surface area contributed by atoms with E-state index in [4.69, 9.17) is 11.3 Å². The number of aliphatic hydroxyl groups is 2. The molecule has 436 valence electrons. The molecule has 2 aliphatic rings. The second-order valence-corrected chi connectivity index (χ2v) is 26.1. The van der Waals surface area contributed by atoms with Crippen molar-refractivity contribution in [2.75, 3.05) is 26.2 Å². The van der Waals surface area contributed by atoms with Gasteiger partial charge in [-0.25, -0.2) is 9.97 Å². The summed E-state index contributed by atoms with van der Waals surface area (Å²) in [6, 6.07) is 15.0. The fourth-order valence-electron chi connectivity index (χ4n) is 10.9. The molecule has 0 aliphatic carbocycles. The number of nitrogens with zero attached hydrogens (tertiary/aromatic N) is 7. The van der Waals surface area contributed by atoms with E-state index in [0.717, 1.165) is 75.5 Å². The minimum absolute atomic E-state index is 0.00951. The Balaban J connectivity index is 0.000000294. The molecule has 80 heavy (non-hydrogen) atoms. The summed E-state index contributed by atoms with van der Waals surface area (Å²) in [6.07, 6.45) is 5.28. The van der Waals surface area contributed by atoms with Crippen LogP contribution >= 0.6 is 22.7 Å². The molecule has 0 unspecified atom stereocenters. The Labute approximate surface area is 482 Å². The van der Waals surface area contributed by atoms with Gasteiger partial charge in [0, 0.05) is 87.7 Å². The molecule has 4 heterocycles. The van der Waals surface area contributed by atoms with Crippen LogP contribution in [0.3, 0.4) is 0 Å². The number of aryl methyl sites for hydroxylation is 2. The van der Waals surface area contributed by atoms with E-state index in [1.165, 1.54) is 4.90 Å². The monoisotopic (exact) mass is 1140 g/mol. The highest BCUT2D eigenvalue weighted by atomic mass is 32.1. The summed E-state index contributed by atoms with van der Waals surface area (Å²) >= 11 is 3.21. The molecule has 2 saturated heterocycles. The molecule has 6 rings (SSSR count). The van der Waals surface area contributed by atoms with Gasteiger partial charge in [-0.1, -0.05) is 122 Å². The first-order valence-electron chi connectivity index (χ1n) is 28.6. The summed E-state index contributed by atoms with van der Waals surface area (Å²) in [5.74, 6) is -1.68. The molecule has 8 atom stereocenters. The molecular formula is C62H88N8O8S2. The second-order valence-electron chi connectivity index (χ2n) is 24.4. The lowest BCUT2D eigenvalue weighted by Gasteiger charge is -2.35. The van der Waals surface area contributed by atoms with Gasteiger partial charge in [0.05, 0.1) is 56.5 Å². The number of carbonyl (C=O) groups is 6. The lowest BCUT2D eigenvalue weighted by Crippen LogP contribution is -2.47. The number of aromatic nitrogens is 2. The highest BCUT2D eigenvalue weighted by molar-refractivity contribution is 7.13. The molecule has 0 bridgehead atoms. The maximum absolute atomic E-state index is 13.8. The van der Waals surface area contributed by atoms with Gasteiger partial charge in [-0.15, -0.1) is 22.7 Å². The van der Waals surface area contributed by atoms with Crippen molar-refractivity contribution in [3.63, 3.8) is 0 Å². The van der Waals surface area contributed by atoms with Crippen LogP contribution in [0, 0.1) is 36.5 Å². The van der Waals surface area contributed by atoms with Crippen LogP contribution in [0.25, 0.3) is 31.3 Å². The average molecular weight is 1140 g/mol. The van der Waals surface area contributed by atoms with Gasteiger partial charge in [0.2, 0.25) is 11.8 Å². The van der Waals surface area contributed by atoms with Gasteiger partial charge >= 0.3 is 0 Å². The number of thiazole rings is 2. The molecule has 4 aromatic rings. The molecule has 2 aromatic carbocycles. The Morgan fingerprint density at radius 1 is 0.637 bits per heavy atom. The van der Waals surface area contributed by atoms with Gasteiger partial charge in [-0.3, -0.25) is 28.8 Å². The zero-order chi connectivity index (χ0) is 58.9. The Bertz CT molecular complexity index is 2740. The predicted octanol–water partition coefficient (Wildman–Crippen LogP) is 11.9. The van der Waals surface area contributed by atoms with Gasteiger partial charge in [0.1, 0.15) is 11.6 Å². The summed E-state index contributed by atoms with van der Waals surface area (Å²) in [7, 11) is 0. The number of β-amino-alcohol motifs (C(OH)–C–C–N with tert-alkyl or cyclic N) is 2. The largest absolute Gasteiger partial charge is 0.391 e. The van der Waals surface area contributed by atoms with Crippen molar-refractivity contribution in [3.05, 3.63) is 92.5 Å². The number of hydrogen-bond donors (Lipinski definition) is 3. The fourth-order valence-corrected chi connectivity index (χ4v) is 12.5. The normalized spacial score (nSPS) is 18.9. The standard InChI is InChI=1S/C31H43N5O4S.C31H45N3O4S/c1-20(22-10-12-23(13-11-22)29-21(2)33-19-41-29)15-28(39)27-17-25(38)18-36(27)30(40)26(31(3,4)5)16-24(37)9-7-6-8-14-34-35-32;1-20(22-10-12-23(13-11-22)29-21(2)33-19-39-29)15-28(37)27-17-25(36)18-34(27)30(38)26(31(3,4)5)16-24(35)9-7-6-8-14-32/h10-13,19-20,25-27,38H,6-9,14-18H2,1-5H3;10-13,19-20,25-27,36H,6-9,14-18,32H2,1-5H3/t2*20-,25-,26+,27+/m11/s1. The van der Waals surface area contributed by atoms with Crippen molar-refractivity contribution < 1.29 is 39.0 Å². The molecule has 0 saturated carbocycles. The molecule has 16 nitrogen and oxygen atoms in total. The van der Waals surface area contributed by atoms with Crippen LogP contribution in [0.5, 0.6) is 0 Å². The SMILES string of the molecule is Cc1ncsc1-c1ccc([C@H](C)CC(=O)[C@@H]2C[C@@H](O)CN2C(=O)[C@H](CC(=O)CCCCCN)C(C)(C)C)cc1.Cc1ncsc1-c1ccc([C@H](C)CC(=O)[C@@H]2C[C@@H](O)CN2C(=O)[C@H](CC(=O)CCCCCN=[N+]=[N-])C(C)(C)C)cc1. The van der Waals surface area contributed by atoms with Crippen LogP contribution in [0.4, 0.5) is 0 Å². The van der Waals surface area contributed by atoms with E-state index in [9.17, 15) is 39.0 Å². The van der Waals surface area contributed by atoms with Crippen LogP contribution in [0.1, 0.15) is 180 Å². The third kappa shape index (κ3) is 18.8. The van der Waals surface area contributed by atoms with Gasteiger partial charge in [0.15, 0.2) is 11.6 Å². The average Bonchev–Trinajstić information content (AvgIpc) is 4.23. The van der Waals surface area contributed by atoms with Crippen LogP contribution in [-0.4, -0.2) is 115 Å². The van der Waals surface area contributed by atoms with Crippen molar-refractivity contribution >= 4 is 57.6 Å². The van der Waals surface area contributed by atoms with E-state index < -0.39 is 47.0 Å². The first kappa shape index (κ1) is 65.3. The lowest BCUT2D eigenvalue weighted by atomic mass is 9.76. The molecule has 2 fully saturated rings. The van der Waals surface area contributed by atoms with E-state index >= 15 is 0 Å². The minimum Gasteiger partial charge on any atom is -0.391 e. The van der Waals surface area contributed by atoms with E-state index in [-0.39, 0.29) is 98.4 Å². The number of Topliss-reactive ketones (excluding diaryl/α,β-unsaturated/α-hetero) is 4. The van der Waals surface area contributed by atoms with Gasteiger partial charge in [0.25, 0.3) is 0 Å². The number of aliphatic hydroxyl groups excluding tert-OH is 2. The summed E-state index contributed by atoms with van der Waals surface area (Å²) in [5.41, 5.74) is 23.0.